The van der Waals surface area contributed by atoms with Crippen molar-refractivity contribution in [3.8, 4) is 11.1 Å². The lowest BCUT2D eigenvalue weighted by atomic mass is 10.0. The molecule has 0 unspecified atom stereocenters. The average Bonchev–Trinajstić information content (AvgIpc) is 3.15. The first-order valence-corrected chi connectivity index (χ1v) is 11.8. The lowest BCUT2D eigenvalue weighted by Gasteiger charge is -2.13. The molecule has 12 heteroatoms. The average molecular weight is 509 g/mol. The first-order chi connectivity index (χ1) is 16.3. The summed E-state index contributed by atoms with van der Waals surface area (Å²) in [5, 5.41) is 2.90. The minimum absolute atomic E-state index is 0.0107. The van der Waals surface area contributed by atoms with Crippen molar-refractivity contribution in [3.05, 3.63) is 83.6 Å². The van der Waals surface area contributed by atoms with Crippen LogP contribution in [0.4, 0.5) is 33.3 Å². The molecule has 0 fully saturated rings. The van der Waals surface area contributed by atoms with E-state index in [1.807, 2.05) is 0 Å². The van der Waals surface area contributed by atoms with Crippen LogP contribution in [0.15, 0.2) is 60.7 Å². The van der Waals surface area contributed by atoms with Gasteiger partial charge in [0.15, 0.2) is 0 Å². The highest BCUT2D eigenvalue weighted by Gasteiger charge is 2.32. The molecular formula is C23H16F5N3O3S. The molecule has 0 spiro atoms. The van der Waals surface area contributed by atoms with Crippen molar-refractivity contribution in [2.45, 2.75) is 6.18 Å². The Bertz CT molecular complexity index is 1560. The molecule has 0 aliphatic rings. The number of hydrogen-bond donors (Lipinski definition) is 3. The highest BCUT2D eigenvalue weighted by Crippen LogP contribution is 2.36. The third kappa shape index (κ3) is 5.60. The van der Waals surface area contributed by atoms with Crippen LogP contribution in [0.25, 0.3) is 22.0 Å². The van der Waals surface area contributed by atoms with Gasteiger partial charge in [-0.3, -0.25) is 9.52 Å². The summed E-state index contributed by atoms with van der Waals surface area (Å²) in [7, 11) is -3.53. The molecule has 0 radical (unpaired) electrons. The van der Waals surface area contributed by atoms with Gasteiger partial charge in [-0.15, -0.1) is 0 Å². The van der Waals surface area contributed by atoms with E-state index in [0.717, 1.165) is 24.5 Å². The van der Waals surface area contributed by atoms with E-state index in [4.69, 9.17) is 0 Å². The molecule has 0 saturated carbocycles. The molecule has 1 amide bonds. The van der Waals surface area contributed by atoms with Crippen LogP contribution in [0.3, 0.4) is 0 Å². The van der Waals surface area contributed by atoms with Crippen molar-refractivity contribution in [1.82, 2.24) is 4.98 Å². The van der Waals surface area contributed by atoms with E-state index in [1.54, 1.807) is 6.07 Å². The van der Waals surface area contributed by atoms with Crippen LogP contribution >= 0.6 is 0 Å². The van der Waals surface area contributed by atoms with Gasteiger partial charge in [0.2, 0.25) is 10.0 Å². The predicted octanol–water partition coefficient (Wildman–Crippen LogP) is 5.76. The number of hydrogen-bond acceptors (Lipinski definition) is 3. The Hall–Kier alpha value is -3.93. The van der Waals surface area contributed by atoms with Gasteiger partial charge in [0.05, 0.1) is 17.5 Å². The van der Waals surface area contributed by atoms with Gasteiger partial charge in [0, 0.05) is 28.2 Å². The number of rotatable bonds is 5. The lowest BCUT2D eigenvalue weighted by Crippen LogP contribution is -2.14. The van der Waals surface area contributed by atoms with E-state index in [-0.39, 0.29) is 28.2 Å². The third-order valence-electron chi connectivity index (χ3n) is 4.93. The van der Waals surface area contributed by atoms with Gasteiger partial charge < -0.3 is 10.3 Å². The number of aromatic amines is 1. The molecule has 0 atom stereocenters. The zero-order valence-corrected chi connectivity index (χ0v) is 18.6. The number of halogens is 5. The number of aromatic nitrogens is 1. The number of benzene rings is 3. The molecule has 6 nitrogen and oxygen atoms in total. The normalized spacial score (nSPS) is 12.1. The Labute approximate surface area is 195 Å². The van der Waals surface area contributed by atoms with E-state index < -0.39 is 39.3 Å². The number of carbonyl (C=O) groups excluding carboxylic acids is 1. The highest BCUT2D eigenvalue weighted by molar-refractivity contribution is 7.92. The number of carbonyl (C=O) groups is 1. The first kappa shape index (κ1) is 24.2. The maximum atomic E-state index is 14.2. The summed E-state index contributed by atoms with van der Waals surface area (Å²) in [6, 6.07) is 10.9. The molecule has 1 heterocycles. The summed E-state index contributed by atoms with van der Waals surface area (Å²) >= 11 is 0. The van der Waals surface area contributed by atoms with Gasteiger partial charge in [0.25, 0.3) is 5.91 Å². The molecule has 0 saturated heterocycles. The highest BCUT2D eigenvalue weighted by atomic mass is 32.2. The van der Waals surface area contributed by atoms with Gasteiger partial charge in [-0.1, -0.05) is 6.07 Å². The quantitative estimate of drug-likeness (QED) is 0.299. The van der Waals surface area contributed by atoms with E-state index in [0.29, 0.717) is 29.1 Å². The van der Waals surface area contributed by atoms with E-state index in [2.05, 4.69) is 15.0 Å². The third-order valence-corrected chi connectivity index (χ3v) is 5.54. The van der Waals surface area contributed by atoms with Crippen molar-refractivity contribution in [3.63, 3.8) is 0 Å². The van der Waals surface area contributed by atoms with Crippen molar-refractivity contribution in [2.24, 2.45) is 0 Å². The largest absolute Gasteiger partial charge is 0.416 e. The standard InChI is InChI=1S/C23H16F5N3O3S/c1-35(33,34)31-16-4-2-12-8-21(30-20(12)11-16)22(32)29-17-7-13(6-14(9-17)23(26,27)28)18-5-3-15(24)10-19(18)25/h2-11,30-31H,1H3,(H,29,32). The van der Waals surface area contributed by atoms with Crippen LogP contribution in [0, 0.1) is 11.6 Å². The second kappa shape index (κ2) is 8.69. The molecule has 4 rings (SSSR count). The minimum atomic E-state index is -4.80. The minimum Gasteiger partial charge on any atom is -0.350 e. The number of amides is 1. The van der Waals surface area contributed by atoms with Gasteiger partial charge in [-0.2, -0.15) is 13.2 Å². The molecule has 0 bridgehead atoms. The van der Waals surface area contributed by atoms with Gasteiger partial charge in [-0.25, -0.2) is 17.2 Å². The number of fused-ring (bicyclic) bond motifs is 1. The first-order valence-electron chi connectivity index (χ1n) is 9.88. The second-order valence-electron chi connectivity index (χ2n) is 7.73. The number of alkyl halides is 3. The zero-order chi connectivity index (χ0) is 25.5. The van der Waals surface area contributed by atoms with Crippen molar-refractivity contribution in [1.29, 1.82) is 0 Å². The molecular weight excluding hydrogens is 493 g/mol. The summed E-state index contributed by atoms with van der Waals surface area (Å²) in [5.74, 6) is -2.74. The number of anilines is 2. The molecule has 1 aromatic heterocycles. The van der Waals surface area contributed by atoms with Gasteiger partial charge >= 0.3 is 6.18 Å². The maximum absolute atomic E-state index is 14.2. The van der Waals surface area contributed by atoms with Crippen LogP contribution in [0.5, 0.6) is 0 Å². The smallest absolute Gasteiger partial charge is 0.350 e. The summed E-state index contributed by atoms with van der Waals surface area (Å²) in [6.07, 6.45) is -3.82. The Balaban J connectivity index is 1.68. The summed E-state index contributed by atoms with van der Waals surface area (Å²) in [5.41, 5.74) is -1.24. The fourth-order valence-corrected chi connectivity index (χ4v) is 4.02. The second-order valence-corrected chi connectivity index (χ2v) is 9.48. The predicted molar refractivity (Wildman–Crippen MR) is 122 cm³/mol. The Morgan fingerprint density at radius 3 is 2.31 bits per heavy atom. The Morgan fingerprint density at radius 1 is 0.914 bits per heavy atom. The van der Waals surface area contributed by atoms with E-state index in [9.17, 15) is 35.2 Å². The molecule has 182 valence electrons. The summed E-state index contributed by atoms with van der Waals surface area (Å²) in [6.45, 7) is 0. The number of H-pyrrole nitrogens is 1. The van der Waals surface area contributed by atoms with E-state index in [1.165, 1.54) is 18.2 Å². The molecule has 4 aromatic rings. The van der Waals surface area contributed by atoms with Crippen LogP contribution in [0.1, 0.15) is 16.1 Å². The van der Waals surface area contributed by atoms with Crippen LogP contribution in [-0.4, -0.2) is 25.6 Å². The molecule has 3 N–H and O–H groups in total. The molecule has 35 heavy (non-hydrogen) atoms. The number of sulfonamides is 1. The monoisotopic (exact) mass is 509 g/mol. The molecule has 0 aliphatic carbocycles. The van der Waals surface area contributed by atoms with Gasteiger partial charge in [0.1, 0.15) is 17.3 Å². The Morgan fingerprint density at radius 2 is 1.66 bits per heavy atom. The fraction of sp³-hybridized carbons (Fsp3) is 0.0870. The summed E-state index contributed by atoms with van der Waals surface area (Å²) in [4.78, 5) is 15.5. The fourth-order valence-electron chi connectivity index (χ4n) is 3.47. The topological polar surface area (TPSA) is 91.1 Å². The SMILES string of the molecule is CS(=O)(=O)Nc1ccc2cc(C(=O)Nc3cc(-c4ccc(F)cc4F)cc(C(F)(F)F)c3)[nH]c2c1. The van der Waals surface area contributed by atoms with Gasteiger partial charge in [-0.05, 0) is 54.1 Å². The summed E-state index contributed by atoms with van der Waals surface area (Å²) < 4.78 is 93.0. The van der Waals surface area contributed by atoms with Crippen LogP contribution in [-0.2, 0) is 16.2 Å². The van der Waals surface area contributed by atoms with E-state index >= 15 is 0 Å². The maximum Gasteiger partial charge on any atom is 0.416 e. The van der Waals surface area contributed by atoms with Crippen LogP contribution in [0.2, 0.25) is 0 Å². The molecule has 3 aromatic carbocycles. The van der Waals surface area contributed by atoms with Crippen molar-refractivity contribution >= 4 is 38.2 Å². The lowest BCUT2D eigenvalue weighted by molar-refractivity contribution is -0.137. The zero-order valence-electron chi connectivity index (χ0n) is 17.8. The number of nitrogens with one attached hydrogen (secondary N) is 3. The molecule has 0 aliphatic heterocycles. The Kier molecular flexibility index (Phi) is 6.01. The van der Waals surface area contributed by atoms with Crippen LogP contribution < -0.4 is 10.0 Å². The van der Waals surface area contributed by atoms with Crippen molar-refractivity contribution < 1.29 is 35.2 Å². The van der Waals surface area contributed by atoms with Crippen molar-refractivity contribution in [2.75, 3.05) is 16.3 Å².